The molecule has 0 aliphatic rings. The highest BCUT2D eigenvalue weighted by molar-refractivity contribution is 5.30. The van der Waals surface area contributed by atoms with E-state index in [0.717, 1.165) is 24.9 Å². The first-order valence-corrected chi connectivity index (χ1v) is 6.41. The summed E-state index contributed by atoms with van der Waals surface area (Å²) in [6.45, 7) is 4.60. The lowest BCUT2D eigenvalue weighted by atomic mass is 10.0. The molecule has 2 nitrogen and oxygen atoms in total. The lowest BCUT2D eigenvalue weighted by Gasteiger charge is -2.18. The normalized spacial score (nSPS) is 12.7. The molecule has 102 valence electrons. The van der Waals surface area contributed by atoms with E-state index < -0.39 is 13.0 Å². The van der Waals surface area contributed by atoms with Crippen molar-refractivity contribution in [1.29, 1.82) is 0 Å². The molecule has 0 aliphatic heterocycles. The topological polar surface area (TPSA) is 21.3 Å². The average Bonchev–Trinajstić information content (AvgIpc) is 2.38. The van der Waals surface area contributed by atoms with Crippen LogP contribution in [0.15, 0.2) is 24.3 Å². The van der Waals surface area contributed by atoms with Crippen molar-refractivity contribution >= 4 is 0 Å². The van der Waals surface area contributed by atoms with Crippen molar-refractivity contribution in [3.63, 3.8) is 0 Å². The minimum absolute atomic E-state index is 0.250. The van der Waals surface area contributed by atoms with Crippen molar-refractivity contribution < 1.29 is 13.5 Å². The molecule has 0 spiro atoms. The van der Waals surface area contributed by atoms with Gasteiger partial charge in [0.2, 0.25) is 0 Å². The largest absolute Gasteiger partial charge is 0.488 e. The molecule has 1 atom stereocenters. The summed E-state index contributed by atoms with van der Waals surface area (Å²) in [6.07, 6.45) is -0.412. The Morgan fingerprint density at radius 2 is 2.06 bits per heavy atom. The van der Waals surface area contributed by atoms with E-state index in [4.69, 9.17) is 4.74 Å². The van der Waals surface area contributed by atoms with Gasteiger partial charge in [0.15, 0.2) is 0 Å². The van der Waals surface area contributed by atoms with Gasteiger partial charge in [-0.05, 0) is 37.1 Å². The summed E-state index contributed by atoms with van der Waals surface area (Å²) in [6, 6.07) is 7.62. The minimum atomic E-state index is -2.44. The quantitative estimate of drug-likeness (QED) is 0.765. The SMILES string of the molecule is CCCNC(CC)c1cccc(OCC(F)F)c1. The molecule has 0 saturated carbocycles. The maximum absolute atomic E-state index is 12.1. The molecule has 0 radical (unpaired) electrons. The number of benzene rings is 1. The highest BCUT2D eigenvalue weighted by Crippen LogP contribution is 2.22. The van der Waals surface area contributed by atoms with E-state index in [1.807, 2.05) is 18.2 Å². The van der Waals surface area contributed by atoms with Crippen LogP contribution in [0.5, 0.6) is 5.75 Å². The van der Waals surface area contributed by atoms with Crippen LogP contribution in [-0.4, -0.2) is 19.6 Å². The number of ether oxygens (including phenoxy) is 1. The first kappa shape index (κ1) is 14.9. The Hall–Kier alpha value is -1.16. The number of halogens is 2. The third-order valence-corrected chi connectivity index (χ3v) is 2.69. The van der Waals surface area contributed by atoms with Gasteiger partial charge in [0.1, 0.15) is 12.4 Å². The van der Waals surface area contributed by atoms with Crippen LogP contribution in [0.4, 0.5) is 8.78 Å². The molecule has 18 heavy (non-hydrogen) atoms. The van der Waals surface area contributed by atoms with Crippen LogP contribution < -0.4 is 10.1 Å². The summed E-state index contributed by atoms with van der Waals surface area (Å²) < 4.78 is 29.2. The molecule has 0 bridgehead atoms. The van der Waals surface area contributed by atoms with Crippen molar-refractivity contribution in [3.05, 3.63) is 29.8 Å². The van der Waals surface area contributed by atoms with Crippen molar-refractivity contribution in [1.82, 2.24) is 5.32 Å². The van der Waals surface area contributed by atoms with Gasteiger partial charge in [0.05, 0.1) is 0 Å². The van der Waals surface area contributed by atoms with E-state index >= 15 is 0 Å². The molecule has 0 saturated heterocycles. The van der Waals surface area contributed by atoms with E-state index in [9.17, 15) is 8.78 Å². The van der Waals surface area contributed by atoms with E-state index in [-0.39, 0.29) is 6.04 Å². The average molecular weight is 257 g/mol. The first-order valence-electron chi connectivity index (χ1n) is 6.41. The van der Waals surface area contributed by atoms with Crippen LogP contribution in [0.25, 0.3) is 0 Å². The van der Waals surface area contributed by atoms with Crippen molar-refractivity contribution in [2.45, 2.75) is 39.2 Å². The van der Waals surface area contributed by atoms with Crippen LogP contribution in [0.2, 0.25) is 0 Å². The van der Waals surface area contributed by atoms with Gasteiger partial charge in [0, 0.05) is 6.04 Å². The van der Waals surface area contributed by atoms with Crippen molar-refractivity contribution in [2.75, 3.05) is 13.2 Å². The molecule has 0 heterocycles. The van der Waals surface area contributed by atoms with Gasteiger partial charge in [-0.25, -0.2) is 8.78 Å². The minimum Gasteiger partial charge on any atom is -0.488 e. The molecule has 0 fully saturated rings. The summed E-state index contributed by atoms with van der Waals surface area (Å²) in [5.41, 5.74) is 1.08. The van der Waals surface area contributed by atoms with Gasteiger partial charge < -0.3 is 10.1 Å². The van der Waals surface area contributed by atoms with Crippen LogP contribution in [0.1, 0.15) is 38.3 Å². The molecule has 0 amide bonds. The van der Waals surface area contributed by atoms with E-state index in [1.54, 1.807) is 6.07 Å². The zero-order chi connectivity index (χ0) is 13.4. The van der Waals surface area contributed by atoms with Crippen LogP contribution in [-0.2, 0) is 0 Å². The summed E-state index contributed by atoms with van der Waals surface area (Å²) >= 11 is 0. The fourth-order valence-electron chi connectivity index (χ4n) is 1.80. The maximum atomic E-state index is 12.1. The molecular formula is C14H21F2NO. The summed E-state index contributed by atoms with van der Waals surface area (Å²) in [7, 11) is 0. The zero-order valence-corrected chi connectivity index (χ0v) is 11.0. The van der Waals surface area contributed by atoms with Crippen LogP contribution in [0.3, 0.4) is 0 Å². The van der Waals surface area contributed by atoms with Crippen LogP contribution in [0, 0.1) is 0 Å². The summed E-state index contributed by atoms with van der Waals surface area (Å²) in [4.78, 5) is 0. The van der Waals surface area contributed by atoms with E-state index in [2.05, 4.69) is 19.2 Å². The molecule has 1 aromatic carbocycles. The Balaban J connectivity index is 2.66. The fraction of sp³-hybridized carbons (Fsp3) is 0.571. The van der Waals surface area contributed by atoms with E-state index in [1.165, 1.54) is 0 Å². The number of hydrogen-bond acceptors (Lipinski definition) is 2. The summed E-state index contributed by atoms with van der Waals surface area (Å²) in [5.74, 6) is 0.504. The second-order valence-corrected chi connectivity index (χ2v) is 4.19. The van der Waals surface area contributed by atoms with Crippen molar-refractivity contribution in [3.8, 4) is 5.75 Å². The number of alkyl halides is 2. The number of hydrogen-bond donors (Lipinski definition) is 1. The molecular weight excluding hydrogens is 236 g/mol. The predicted octanol–water partition coefficient (Wildman–Crippen LogP) is 3.78. The molecule has 4 heteroatoms. The van der Waals surface area contributed by atoms with E-state index in [0.29, 0.717) is 5.75 Å². The van der Waals surface area contributed by atoms with Gasteiger partial charge in [-0.2, -0.15) is 0 Å². The van der Waals surface area contributed by atoms with Gasteiger partial charge in [-0.3, -0.25) is 0 Å². The lowest BCUT2D eigenvalue weighted by Crippen LogP contribution is -2.21. The second-order valence-electron chi connectivity index (χ2n) is 4.19. The standard InChI is InChI=1S/C14H21F2NO/c1-3-8-17-13(4-2)11-6-5-7-12(9-11)18-10-14(15)16/h5-7,9,13-14,17H,3-4,8,10H2,1-2H3. The zero-order valence-electron chi connectivity index (χ0n) is 11.0. The Morgan fingerprint density at radius 3 is 2.67 bits per heavy atom. The lowest BCUT2D eigenvalue weighted by molar-refractivity contribution is 0.0818. The highest BCUT2D eigenvalue weighted by Gasteiger charge is 2.09. The molecule has 0 aliphatic carbocycles. The van der Waals surface area contributed by atoms with Gasteiger partial charge in [-0.15, -0.1) is 0 Å². The fourth-order valence-corrected chi connectivity index (χ4v) is 1.80. The first-order chi connectivity index (χ1) is 8.67. The Morgan fingerprint density at radius 1 is 1.28 bits per heavy atom. The maximum Gasteiger partial charge on any atom is 0.272 e. The highest BCUT2D eigenvalue weighted by atomic mass is 19.3. The Bertz CT molecular complexity index is 344. The third-order valence-electron chi connectivity index (χ3n) is 2.69. The Labute approximate surface area is 107 Å². The Kier molecular flexibility index (Phi) is 6.65. The third kappa shape index (κ3) is 5.00. The molecule has 1 aromatic rings. The smallest absolute Gasteiger partial charge is 0.272 e. The second kappa shape index (κ2) is 8.03. The summed E-state index contributed by atoms with van der Waals surface area (Å²) in [5, 5.41) is 3.42. The monoisotopic (exact) mass is 257 g/mol. The van der Waals surface area contributed by atoms with Crippen LogP contribution >= 0.6 is 0 Å². The molecule has 1 rings (SSSR count). The number of rotatable bonds is 8. The van der Waals surface area contributed by atoms with Gasteiger partial charge in [-0.1, -0.05) is 26.0 Å². The molecule has 0 aromatic heterocycles. The van der Waals surface area contributed by atoms with Gasteiger partial charge >= 0.3 is 0 Å². The molecule has 1 N–H and O–H groups in total. The number of nitrogens with one attached hydrogen (secondary N) is 1. The van der Waals surface area contributed by atoms with Crippen molar-refractivity contribution in [2.24, 2.45) is 0 Å². The molecule has 1 unspecified atom stereocenters. The predicted molar refractivity (Wildman–Crippen MR) is 69.3 cm³/mol. The van der Waals surface area contributed by atoms with Gasteiger partial charge in [0.25, 0.3) is 6.43 Å².